The minimum Gasteiger partial charge on any atom is -0.691 e. The zero-order chi connectivity index (χ0) is 13.5. The zero-order valence-electron chi connectivity index (χ0n) is 10.9. The third-order valence-corrected chi connectivity index (χ3v) is 3.58. The molecule has 1 rings (SSSR count). The second-order valence-corrected chi connectivity index (χ2v) is 5.31. The van der Waals surface area contributed by atoms with Crippen molar-refractivity contribution in [2.24, 2.45) is 0 Å². The summed E-state index contributed by atoms with van der Waals surface area (Å²) >= 11 is 2.95. The molecule has 0 saturated carbocycles. The van der Waals surface area contributed by atoms with E-state index in [4.69, 9.17) is 4.74 Å². The molecular formula is C11H12INaO5S. The van der Waals surface area contributed by atoms with Crippen molar-refractivity contribution in [3.63, 3.8) is 0 Å². The van der Waals surface area contributed by atoms with E-state index in [9.17, 15) is 10.1 Å². The molecular weight excluding hydrogens is 394 g/mol. The normalized spacial score (nSPS) is 9.89. The van der Waals surface area contributed by atoms with Crippen LogP contribution >= 0.6 is 34.6 Å². The smallest absolute Gasteiger partial charge is 0.691 e. The van der Waals surface area contributed by atoms with Gasteiger partial charge < -0.3 is 9.99 Å². The second kappa shape index (κ2) is 10.4. The summed E-state index contributed by atoms with van der Waals surface area (Å²) in [6.07, 6.45) is 0.377. The summed E-state index contributed by atoms with van der Waals surface area (Å²) < 4.78 is 10.2. The van der Waals surface area contributed by atoms with Gasteiger partial charge in [-0.05, 0) is 37.1 Å². The van der Waals surface area contributed by atoms with Gasteiger partial charge in [-0.2, -0.15) is 4.33 Å². The van der Waals surface area contributed by atoms with Gasteiger partial charge in [0.05, 0.1) is 18.5 Å². The molecule has 0 radical (unpaired) electrons. The Labute approximate surface area is 151 Å². The summed E-state index contributed by atoms with van der Waals surface area (Å²) in [6, 6.07) is 3.43. The predicted octanol–water partition coefficient (Wildman–Crippen LogP) is -0.731. The van der Waals surface area contributed by atoms with Gasteiger partial charge in [-0.25, -0.2) is 0 Å². The van der Waals surface area contributed by atoms with E-state index in [1.54, 1.807) is 12.1 Å². The molecule has 0 unspecified atom stereocenters. The predicted molar refractivity (Wildman–Crippen MR) is 73.1 cm³/mol. The molecule has 0 amide bonds. The topological polar surface area (TPSA) is 67.8 Å². The van der Waals surface area contributed by atoms with Gasteiger partial charge in [0, 0.05) is 9.32 Å². The van der Waals surface area contributed by atoms with Crippen LogP contribution in [0.25, 0.3) is 0 Å². The molecule has 0 aliphatic carbocycles. The summed E-state index contributed by atoms with van der Waals surface area (Å²) in [5.41, 5.74) is 1.68. The Balaban J connectivity index is 0.00000324. The summed E-state index contributed by atoms with van der Waals surface area (Å²) in [6.45, 7) is 3.66. The molecule has 0 saturated heterocycles. The Morgan fingerprint density at radius 1 is 1.37 bits per heavy atom. The number of hydrogen-bond donors (Lipinski definition) is 0. The van der Waals surface area contributed by atoms with E-state index in [0.29, 0.717) is 12.2 Å². The minimum atomic E-state index is -0.261. The number of carbonyl (C=O) groups excluding carboxylic acids is 1. The molecule has 8 heteroatoms. The van der Waals surface area contributed by atoms with Gasteiger partial charge in [-0.1, -0.05) is 22.6 Å². The molecule has 0 aromatic heterocycles. The summed E-state index contributed by atoms with van der Waals surface area (Å²) in [5.74, 6) is 0.231. The molecule has 1 aromatic carbocycles. The van der Waals surface area contributed by atoms with Gasteiger partial charge >= 0.3 is 35.5 Å². The van der Waals surface area contributed by atoms with E-state index in [1.165, 1.54) is 0 Å². The van der Waals surface area contributed by atoms with Crippen molar-refractivity contribution in [1.82, 2.24) is 0 Å². The molecule has 19 heavy (non-hydrogen) atoms. The monoisotopic (exact) mass is 406 g/mol. The van der Waals surface area contributed by atoms with E-state index in [2.05, 4.69) is 32.0 Å². The van der Waals surface area contributed by atoms with Crippen LogP contribution in [-0.4, -0.2) is 10.4 Å². The van der Waals surface area contributed by atoms with Gasteiger partial charge in [-0.3, -0.25) is 9.83 Å². The number of aryl methyl sites for hydroxylation is 2. The van der Waals surface area contributed by atoms with Crippen molar-refractivity contribution in [2.75, 3.05) is 4.43 Å². The SMILES string of the molecule is Cc1cc(OC(=O)CCI)cc(C)c1SOO[O-].[Na+]. The average molecular weight is 406 g/mol. The van der Waals surface area contributed by atoms with E-state index in [-0.39, 0.29) is 35.5 Å². The standard InChI is InChI=1S/C11H13IO5S.Na/c1-7-5-9(15-10(13)3-4-12)6-8(2)11(7)18-17-16-14;/h5-6,14H,3-4H2,1-2H3;/q;+1/p-1. The minimum absolute atomic E-state index is 0. The number of esters is 1. The first-order chi connectivity index (χ1) is 8.58. The number of ether oxygens (including phenoxy) is 1. The molecule has 5 nitrogen and oxygen atoms in total. The van der Waals surface area contributed by atoms with E-state index < -0.39 is 0 Å². The number of hydrogen-bond acceptors (Lipinski definition) is 6. The first kappa shape index (κ1) is 19.7. The van der Waals surface area contributed by atoms with Crippen molar-refractivity contribution >= 4 is 40.6 Å². The first-order valence-electron chi connectivity index (χ1n) is 5.09. The molecule has 0 N–H and O–H groups in total. The fourth-order valence-electron chi connectivity index (χ4n) is 1.41. The Hall–Kier alpha value is 0.650. The maximum absolute atomic E-state index is 11.4. The Kier molecular flexibility index (Phi) is 10.7. The van der Waals surface area contributed by atoms with Gasteiger partial charge in [0.15, 0.2) is 0 Å². The number of halogens is 1. The van der Waals surface area contributed by atoms with Crippen molar-refractivity contribution in [3.05, 3.63) is 23.3 Å². The maximum Gasteiger partial charge on any atom is 1.00 e. The first-order valence-corrected chi connectivity index (χ1v) is 7.36. The zero-order valence-corrected chi connectivity index (χ0v) is 15.9. The second-order valence-electron chi connectivity index (χ2n) is 3.52. The van der Waals surface area contributed by atoms with Crippen LogP contribution in [0, 0.1) is 13.8 Å². The van der Waals surface area contributed by atoms with Crippen LogP contribution in [0.1, 0.15) is 17.5 Å². The number of rotatable bonds is 6. The van der Waals surface area contributed by atoms with Crippen molar-refractivity contribution in [3.8, 4) is 5.75 Å². The van der Waals surface area contributed by atoms with Crippen LogP contribution in [0.4, 0.5) is 0 Å². The van der Waals surface area contributed by atoms with E-state index in [0.717, 1.165) is 32.5 Å². The number of carbonyl (C=O) groups is 1. The van der Waals surface area contributed by atoms with Crippen molar-refractivity contribution in [1.29, 1.82) is 0 Å². The van der Waals surface area contributed by atoms with Crippen LogP contribution in [0.15, 0.2) is 17.0 Å². The number of alkyl halides is 1. The Bertz CT molecular complexity index is 407. The molecule has 1 aromatic rings. The van der Waals surface area contributed by atoms with E-state index >= 15 is 0 Å². The van der Waals surface area contributed by atoms with Crippen LogP contribution in [0.5, 0.6) is 5.75 Å². The van der Waals surface area contributed by atoms with Crippen molar-refractivity contribution in [2.45, 2.75) is 25.2 Å². The average Bonchev–Trinajstić information content (AvgIpc) is 2.28. The van der Waals surface area contributed by atoms with Gasteiger partial charge in [0.25, 0.3) is 0 Å². The number of benzene rings is 1. The van der Waals surface area contributed by atoms with E-state index in [1.807, 2.05) is 13.8 Å². The third kappa shape index (κ3) is 6.76. The Morgan fingerprint density at radius 2 is 1.95 bits per heavy atom. The Morgan fingerprint density at radius 3 is 2.42 bits per heavy atom. The molecule has 0 spiro atoms. The largest absolute Gasteiger partial charge is 1.00 e. The van der Waals surface area contributed by atoms with Gasteiger partial charge in [-0.15, -0.1) is 0 Å². The quantitative estimate of drug-likeness (QED) is 0.0908. The molecule has 0 aliphatic heterocycles. The van der Waals surface area contributed by atoms with Gasteiger partial charge in [0.2, 0.25) is 0 Å². The molecule has 0 aliphatic rings. The summed E-state index contributed by atoms with van der Waals surface area (Å²) in [5, 5.41) is 13.1. The van der Waals surface area contributed by atoms with Crippen molar-refractivity contribution < 1.29 is 53.7 Å². The molecule has 0 bridgehead atoms. The van der Waals surface area contributed by atoms with Crippen LogP contribution < -0.4 is 39.6 Å². The van der Waals surface area contributed by atoms with Gasteiger partial charge in [0.1, 0.15) is 5.75 Å². The molecule has 100 valence electrons. The third-order valence-electron chi connectivity index (χ3n) is 2.11. The maximum atomic E-state index is 11.4. The summed E-state index contributed by atoms with van der Waals surface area (Å²) in [4.78, 5) is 12.1. The fraction of sp³-hybridized carbons (Fsp3) is 0.364. The summed E-state index contributed by atoms with van der Waals surface area (Å²) in [7, 11) is 0. The van der Waals surface area contributed by atoms with Crippen LogP contribution in [0.2, 0.25) is 0 Å². The van der Waals surface area contributed by atoms with Crippen LogP contribution in [-0.2, 0) is 14.2 Å². The molecule has 0 heterocycles. The van der Waals surface area contributed by atoms with Crippen LogP contribution in [0.3, 0.4) is 0 Å². The molecule has 0 fully saturated rings. The fourth-order valence-corrected chi connectivity index (χ4v) is 2.33. The molecule has 0 atom stereocenters.